The second kappa shape index (κ2) is 32.2. The summed E-state index contributed by atoms with van der Waals surface area (Å²) in [6.45, 7) is 5.45. The van der Waals surface area contributed by atoms with Crippen molar-refractivity contribution in [2.75, 3.05) is 145 Å². The van der Waals surface area contributed by atoms with Gasteiger partial charge in [-0.25, -0.2) is 4.68 Å². The number of piperazine rings is 1. The van der Waals surface area contributed by atoms with E-state index in [1.807, 2.05) is 12.1 Å². The van der Waals surface area contributed by atoms with E-state index >= 15 is 0 Å². The molecular weight excluding hydrogens is 1050 g/mol. The molecule has 1 aliphatic heterocycles. The Morgan fingerprint density at radius 3 is 1.98 bits per heavy atom. The van der Waals surface area contributed by atoms with Crippen molar-refractivity contribution in [2.45, 2.75) is 13.2 Å². The molecule has 1 fully saturated rings. The molecule has 80 heavy (non-hydrogen) atoms. The zero-order valence-corrected chi connectivity index (χ0v) is 44.0. The molecule has 0 saturated carbocycles. The number of furan rings is 1. The largest absolute Gasteiger partial charge is 0.496 e. The number of rotatable bonds is 38. The van der Waals surface area contributed by atoms with Crippen molar-refractivity contribution in [3.05, 3.63) is 122 Å². The molecule has 0 aliphatic carbocycles. The van der Waals surface area contributed by atoms with Crippen LogP contribution in [0.15, 0.2) is 89.8 Å². The monoisotopic (exact) mass is 1120 g/mol. The molecule has 1 saturated heterocycles. The number of fused-ring (bicyclic) bond motifs is 1. The van der Waals surface area contributed by atoms with Crippen LogP contribution in [0.25, 0.3) is 22.2 Å². The van der Waals surface area contributed by atoms with E-state index in [4.69, 9.17) is 56.5 Å². The molecule has 0 spiro atoms. The smallest absolute Gasteiger partial charge is 0.299 e. The third-order valence-corrected chi connectivity index (χ3v) is 11.9. The summed E-state index contributed by atoms with van der Waals surface area (Å²) < 4.78 is 67.6. The van der Waals surface area contributed by atoms with Gasteiger partial charge in [-0.2, -0.15) is 0 Å². The zero-order chi connectivity index (χ0) is 56.3. The molecule has 2 amide bonds. The van der Waals surface area contributed by atoms with Gasteiger partial charge >= 0.3 is 0 Å². The number of hydrogen-bond donors (Lipinski definition) is 2. The lowest BCUT2D eigenvalue weighted by molar-refractivity contribution is -0.392. The van der Waals surface area contributed by atoms with Crippen LogP contribution >= 0.6 is 0 Å². The highest BCUT2D eigenvalue weighted by Crippen LogP contribution is 2.37. The Morgan fingerprint density at radius 2 is 1.32 bits per heavy atom. The molecule has 3 aromatic heterocycles. The van der Waals surface area contributed by atoms with E-state index in [2.05, 4.69) is 20.6 Å². The third-order valence-electron chi connectivity index (χ3n) is 11.9. The van der Waals surface area contributed by atoms with E-state index < -0.39 is 32.9 Å². The topological polar surface area (TPSA) is 317 Å². The van der Waals surface area contributed by atoms with Crippen molar-refractivity contribution in [1.82, 2.24) is 29.8 Å². The summed E-state index contributed by atoms with van der Waals surface area (Å²) in [5.41, 5.74) is 1.56. The highest BCUT2D eigenvalue weighted by Gasteiger charge is 2.32. The maximum atomic E-state index is 13.6. The van der Waals surface area contributed by atoms with Crippen LogP contribution in [0, 0.1) is 20.2 Å². The molecule has 430 valence electrons. The average molecular weight is 1120 g/mol. The number of methoxy groups -OCH3 is 1. The van der Waals surface area contributed by atoms with Gasteiger partial charge in [0.2, 0.25) is 0 Å². The number of hydrogen-bond acceptors (Lipinski definition) is 22. The summed E-state index contributed by atoms with van der Waals surface area (Å²) in [7, 11) is 1.50. The van der Waals surface area contributed by atoms with Crippen LogP contribution < -0.4 is 14.8 Å². The first-order chi connectivity index (χ1) is 39.1. The SMILES string of the molecule is COc1ccc(-c2ccco2)c2[nH]cc(C(=O)C(=O)N3CCN(C(=O)c4cccc(OCCOCCOCCOCCOCCOCCn5cc(COCOCOCOCCNc6c([N+](=O)[O-])cccc6[N+](=O)[O-])nn5)c4)CC3)c12. The van der Waals surface area contributed by atoms with Gasteiger partial charge in [-0.3, -0.25) is 34.6 Å². The number of H-pyrrole nitrogens is 1. The number of nitro groups is 2. The van der Waals surface area contributed by atoms with Gasteiger partial charge in [-0.05, 0) is 48.5 Å². The fraction of sp³-hybridized carbons (Fsp3) is 0.442. The lowest BCUT2D eigenvalue weighted by Gasteiger charge is -2.34. The van der Waals surface area contributed by atoms with Crippen LogP contribution in [0.5, 0.6) is 11.5 Å². The van der Waals surface area contributed by atoms with Gasteiger partial charge in [0.1, 0.15) is 43.1 Å². The van der Waals surface area contributed by atoms with E-state index in [-0.39, 0.29) is 90.1 Å². The minimum Gasteiger partial charge on any atom is -0.496 e. The van der Waals surface area contributed by atoms with Gasteiger partial charge < -0.3 is 76.6 Å². The van der Waals surface area contributed by atoms with E-state index in [0.717, 1.165) is 5.56 Å². The minimum absolute atomic E-state index is 0.0592. The number of carbonyl (C=O) groups excluding carboxylic acids is 3. The van der Waals surface area contributed by atoms with Gasteiger partial charge in [0, 0.05) is 62.2 Å². The Bertz CT molecular complexity index is 2880. The number of para-hydroxylation sites is 1. The van der Waals surface area contributed by atoms with E-state index in [9.17, 15) is 34.6 Å². The number of benzene rings is 3. The molecule has 28 heteroatoms. The Hall–Kier alpha value is -7.93. The van der Waals surface area contributed by atoms with Crippen LogP contribution in [0.2, 0.25) is 0 Å². The predicted molar refractivity (Wildman–Crippen MR) is 281 cm³/mol. The summed E-state index contributed by atoms with van der Waals surface area (Å²) in [6, 6.07) is 17.6. The molecule has 0 unspecified atom stereocenters. The summed E-state index contributed by atoms with van der Waals surface area (Å²) in [5.74, 6) is 0.0331. The Labute approximate surface area is 458 Å². The second-order valence-electron chi connectivity index (χ2n) is 17.2. The molecule has 3 aromatic carbocycles. The van der Waals surface area contributed by atoms with Gasteiger partial charge in [0.05, 0.1) is 132 Å². The molecule has 2 N–H and O–H groups in total. The number of ether oxygens (including phenoxy) is 11. The van der Waals surface area contributed by atoms with Crippen molar-refractivity contribution in [2.24, 2.45) is 0 Å². The van der Waals surface area contributed by atoms with Crippen LogP contribution in [-0.2, 0) is 60.6 Å². The third kappa shape index (κ3) is 17.8. The fourth-order valence-corrected chi connectivity index (χ4v) is 8.06. The standard InChI is InChI=1S/C52H63N9O19/c1-69-46-11-10-41(45-9-4-18-80-45)48-47(46)42(32-54-48)50(62)52(64)58-15-13-57(14-16-58)51(63)38-5-2-6-40(31-38)79-30-29-74-28-27-73-26-25-72-24-23-71-22-21-70-20-17-59-33-39(55-56-59)34-76-36-78-37-77-35-75-19-12-53-49-43(60(65)66)7-3-8-44(49)61(67)68/h2-11,18,31-33,53-54H,12-17,19-30,34-37H2,1H3. The van der Waals surface area contributed by atoms with Gasteiger partial charge in [-0.1, -0.05) is 11.3 Å². The summed E-state index contributed by atoms with van der Waals surface area (Å²) >= 11 is 0. The first kappa shape index (κ1) is 59.7. The average Bonchev–Trinajstić information content (AvgIpc) is 4.40. The highest BCUT2D eigenvalue weighted by atomic mass is 16.8. The molecule has 28 nitrogen and oxygen atoms in total. The first-order valence-electron chi connectivity index (χ1n) is 25.4. The number of amides is 2. The summed E-state index contributed by atoms with van der Waals surface area (Å²) in [6.07, 6.45) is 4.80. The first-order valence-corrected chi connectivity index (χ1v) is 25.4. The normalized spacial score (nSPS) is 12.5. The molecule has 0 atom stereocenters. The number of aromatic amines is 1. The number of nitrogens with one attached hydrogen (secondary N) is 2. The Morgan fingerprint density at radius 1 is 0.700 bits per heavy atom. The van der Waals surface area contributed by atoms with Crippen molar-refractivity contribution < 1.29 is 80.8 Å². The van der Waals surface area contributed by atoms with Crippen molar-refractivity contribution in [1.29, 1.82) is 0 Å². The zero-order valence-electron chi connectivity index (χ0n) is 44.0. The summed E-state index contributed by atoms with van der Waals surface area (Å²) in [5, 5.41) is 33.7. The molecule has 1 aliphatic rings. The van der Waals surface area contributed by atoms with E-state index in [1.165, 1.54) is 36.4 Å². The van der Waals surface area contributed by atoms with Crippen molar-refractivity contribution in [3.63, 3.8) is 0 Å². The highest BCUT2D eigenvalue weighted by molar-refractivity contribution is 6.45. The lowest BCUT2D eigenvalue weighted by Crippen LogP contribution is -2.52. The molecule has 0 radical (unpaired) electrons. The van der Waals surface area contributed by atoms with Gasteiger partial charge in [-0.15, -0.1) is 5.10 Å². The van der Waals surface area contributed by atoms with Crippen LogP contribution in [0.1, 0.15) is 26.4 Å². The number of carbonyl (C=O) groups is 3. The molecule has 6 aromatic rings. The van der Waals surface area contributed by atoms with Gasteiger partial charge in [0.25, 0.3) is 29.0 Å². The molecule has 7 rings (SSSR count). The second-order valence-corrected chi connectivity index (χ2v) is 17.2. The van der Waals surface area contributed by atoms with E-state index in [1.54, 1.807) is 58.4 Å². The maximum Gasteiger partial charge on any atom is 0.299 e. The predicted octanol–water partition coefficient (Wildman–Crippen LogP) is 4.72. The molecule has 4 heterocycles. The number of nitrogens with zero attached hydrogens (tertiary/aromatic N) is 7. The van der Waals surface area contributed by atoms with Crippen molar-refractivity contribution >= 4 is 45.6 Å². The van der Waals surface area contributed by atoms with Crippen LogP contribution in [0.4, 0.5) is 17.1 Å². The van der Waals surface area contributed by atoms with Gasteiger partial charge in [0.15, 0.2) is 12.5 Å². The number of aromatic nitrogens is 4. The summed E-state index contributed by atoms with van der Waals surface area (Å²) in [4.78, 5) is 67.8. The number of nitro benzene ring substituents is 2. The minimum atomic E-state index is -0.701. The lowest BCUT2D eigenvalue weighted by atomic mass is 10.0. The fourth-order valence-electron chi connectivity index (χ4n) is 8.06. The molecular formula is C52H63N9O19. The van der Waals surface area contributed by atoms with Crippen molar-refractivity contribution in [3.8, 4) is 22.8 Å². The Kier molecular flexibility index (Phi) is 24.1. The number of anilines is 1. The van der Waals surface area contributed by atoms with E-state index in [0.29, 0.717) is 112 Å². The van der Waals surface area contributed by atoms with Crippen LogP contribution in [0.3, 0.4) is 0 Å². The maximum absolute atomic E-state index is 13.6. The molecule has 0 bridgehead atoms. The Balaban J connectivity index is 0.627. The quantitative estimate of drug-likeness (QED) is 0.0132. The number of Topliss-reactive ketones (excluding diaryl/α,β-unsaturated/α-hetero) is 1. The number of ketones is 1. The van der Waals surface area contributed by atoms with Crippen LogP contribution in [-0.4, -0.2) is 197 Å².